The summed E-state index contributed by atoms with van der Waals surface area (Å²) in [5, 5.41) is 0. The van der Waals surface area contributed by atoms with Crippen LogP contribution in [0, 0.1) is 5.92 Å². The summed E-state index contributed by atoms with van der Waals surface area (Å²) in [6.45, 7) is 9.35. The highest BCUT2D eigenvalue weighted by Crippen LogP contribution is 2.28. The third-order valence-corrected chi connectivity index (χ3v) is 7.11. The number of aldehydes is 1. The first-order valence-corrected chi connectivity index (χ1v) is 13.0. The molecule has 0 spiro atoms. The number of piperidine rings is 1. The minimum Gasteiger partial charge on any atom is -0.493 e. The third kappa shape index (κ3) is 7.14. The average molecular weight is 496 g/mol. The van der Waals surface area contributed by atoms with Crippen LogP contribution in [0.15, 0.2) is 48.5 Å². The maximum Gasteiger partial charge on any atom is 0.254 e. The fraction of sp³-hybridized carbons (Fsp3) is 0.517. The van der Waals surface area contributed by atoms with Crippen molar-refractivity contribution in [2.24, 2.45) is 5.92 Å². The summed E-state index contributed by atoms with van der Waals surface area (Å²) in [6.07, 6.45) is 2.96. The molecule has 0 N–H and O–H groups in total. The zero-order valence-electron chi connectivity index (χ0n) is 21.5. The largest absolute Gasteiger partial charge is 0.493 e. The van der Waals surface area contributed by atoms with E-state index in [4.69, 9.17) is 4.74 Å². The van der Waals surface area contributed by atoms with Crippen LogP contribution in [0.4, 0.5) is 4.39 Å². The summed E-state index contributed by atoms with van der Waals surface area (Å²) in [7, 11) is 0. The summed E-state index contributed by atoms with van der Waals surface area (Å²) in [6, 6.07) is 15.7. The van der Waals surface area contributed by atoms with Crippen LogP contribution in [0.3, 0.4) is 0 Å². The molecule has 2 saturated heterocycles. The second kappa shape index (κ2) is 12.0. The standard InChI is InChI=1S/C29H38FN3O3/c1-29(2,30)22-32-13-11-23(12-14-32)21-36-25-9-7-24(8-10-25)26-5-3-4-6-27(26)28(35)33-17-15-31(16-18-33)19-20-34/h3-10,20,23H,11-19,21-22H2,1-2H3. The number of rotatable bonds is 9. The third-order valence-electron chi connectivity index (χ3n) is 7.11. The highest BCUT2D eigenvalue weighted by atomic mass is 19.1. The molecule has 0 unspecified atom stereocenters. The van der Waals surface area contributed by atoms with E-state index in [1.54, 1.807) is 13.8 Å². The van der Waals surface area contributed by atoms with Crippen molar-refractivity contribution in [3.8, 4) is 16.9 Å². The number of amides is 1. The van der Waals surface area contributed by atoms with E-state index < -0.39 is 5.67 Å². The summed E-state index contributed by atoms with van der Waals surface area (Å²) in [4.78, 5) is 30.2. The molecule has 2 aliphatic rings. The number of carbonyl (C=O) groups is 2. The maximum atomic E-state index is 13.9. The maximum absolute atomic E-state index is 13.9. The topological polar surface area (TPSA) is 53.1 Å². The molecule has 6 nitrogen and oxygen atoms in total. The lowest BCUT2D eigenvalue weighted by atomic mass is 9.96. The molecule has 2 fully saturated rings. The minimum atomic E-state index is -1.15. The molecule has 1 amide bonds. The number of hydrogen-bond acceptors (Lipinski definition) is 5. The van der Waals surface area contributed by atoms with E-state index in [9.17, 15) is 14.0 Å². The van der Waals surface area contributed by atoms with Gasteiger partial charge in [-0.25, -0.2) is 4.39 Å². The van der Waals surface area contributed by atoms with Crippen molar-refractivity contribution in [3.63, 3.8) is 0 Å². The quantitative estimate of drug-likeness (QED) is 0.490. The van der Waals surface area contributed by atoms with Crippen LogP contribution in [0.25, 0.3) is 11.1 Å². The Balaban J connectivity index is 1.32. The van der Waals surface area contributed by atoms with Crippen LogP contribution in [-0.2, 0) is 4.79 Å². The van der Waals surface area contributed by atoms with Gasteiger partial charge in [-0.1, -0.05) is 30.3 Å². The first-order valence-electron chi connectivity index (χ1n) is 13.0. The number of ether oxygens (including phenoxy) is 1. The summed E-state index contributed by atoms with van der Waals surface area (Å²) >= 11 is 0. The molecule has 0 aromatic heterocycles. The SMILES string of the molecule is CC(C)(F)CN1CCC(COc2ccc(-c3ccccc3C(=O)N3CCN(CC=O)CC3)cc2)CC1. The van der Waals surface area contributed by atoms with Crippen LogP contribution in [0.5, 0.6) is 5.75 Å². The molecular formula is C29H38FN3O3. The van der Waals surface area contributed by atoms with Gasteiger partial charge in [-0.2, -0.15) is 0 Å². The van der Waals surface area contributed by atoms with Gasteiger partial charge in [-0.05, 0) is 75.0 Å². The Labute approximate surface area is 214 Å². The monoisotopic (exact) mass is 495 g/mol. The zero-order chi connectivity index (χ0) is 25.5. The molecular weight excluding hydrogens is 457 g/mol. The Morgan fingerprint density at radius 2 is 1.64 bits per heavy atom. The number of benzene rings is 2. The van der Waals surface area contributed by atoms with E-state index in [1.165, 1.54) is 0 Å². The number of likely N-dealkylation sites (tertiary alicyclic amines) is 1. The molecule has 2 aromatic rings. The Kier molecular flexibility index (Phi) is 8.75. The Hall–Kier alpha value is -2.77. The van der Waals surface area contributed by atoms with Crippen LogP contribution in [0.1, 0.15) is 37.0 Å². The van der Waals surface area contributed by atoms with E-state index in [2.05, 4.69) is 9.80 Å². The van der Waals surface area contributed by atoms with Crippen molar-refractivity contribution in [1.82, 2.24) is 14.7 Å². The van der Waals surface area contributed by atoms with Crippen molar-refractivity contribution in [2.45, 2.75) is 32.4 Å². The molecule has 0 radical (unpaired) electrons. The fourth-order valence-electron chi connectivity index (χ4n) is 5.12. The van der Waals surface area contributed by atoms with E-state index in [0.29, 0.717) is 57.4 Å². The van der Waals surface area contributed by atoms with Gasteiger partial charge in [-0.3, -0.25) is 9.69 Å². The second-order valence-electron chi connectivity index (χ2n) is 10.6. The van der Waals surface area contributed by atoms with Gasteiger partial charge in [0, 0.05) is 38.3 Å². The van der Waals surface area contributed by atoms with Gasteiger partial charge in [0.2, 0.25) is 0 Å². The molecule has 0 saturated carbocycles. The molecule has 2 heterocycles. The van der Waals surface area contributed by atoms with Crippen molar-refractivity contribution < 1.29 is 18.7 Å². The van der Waals surface area contributed by atoms with Crippen molar-refractivity contribution in [3.05, 3.63) is 54.1 Å². The van der Waals surface area contributed by atoms with Gasteiger partial charge >= 0.3 is 0 Å². The van der Waals surface area contributed by atoms with Gasteiger partial charge < -0.3 is 19.3 Å². The van der Waals surface area contributed by atoms with Crippen molar-refractivity contribution in [1.29, 1.82) is 0 Å². The number of alkyl halides is 1. The van der Waals surface area contributed by atoms with Gasteiger partial charge in [0.25, 0.3) is 5.91 Å². The molecule has 194 valence electrons. The summed E-state index contributed by atoms with van der Waals surface area (Å²) in [5.74, 6) is 1.33. The molecule has 7 heteroatoms. The predicted octanol–water partition coefficient (Wildman–Crippen LogP) is 4.15. The predicted molar refractivity (Wildman–Crippen MR) is 140 cm³/mol. The first kappa shape index (κ1) is 26.3. The molecule has 0 bridgehead atoms. The molecule has 0 aliphatic carbocycles. The molecule has 36 heavy (non-hydrogen) atoms. The molecule has 2 aliphatic heterocycles. The van der Waals surface area contributed by atoms with Crippen molar-refractivity contribution in [2.75, 3.05) is 59.0 Å². The van der Waals surface area contributed by atoms with Crippen LogP contribution in [0.2, 0.25) is 0 Å². The van der Waals surface area contributed by atoms with E-state index >= 15 is 0 Å². The number of halogens is 1. The van der Waals surface area contributed by atoms with Gasteiger partial charge in [0.05, 0.1) is 13.2 Å². The fourth-order valence-corrected chi connectivity index (χ4v) is 5.12. The van der Waals surface area contributed by atoms with E-state index in [1.807, 2.05) is 53.4 Å². The van der Waals surface area contributed by atoms with Crippen LogP contribution in [-0.4, -0.2) is 91.5 Å². The van der Waals surface area contributed by atoms with E-state index in [-0.39, 0.29) is 5.91 Å². The molecule has 2 aromatic carbocycles. The van der Waals surface area contributed by atoms with Crippen LogP contribution >= 0.6 is 0 Å². The van der Waals surface area contributed by atoms with E-state index in [0.717, 1.165) is 49.1 Å². The Bertz CT molecular complexity index is 1010. The summed E-state index contributed by atoms with van der Waals surface area (Å²) in [5.41, 5.74) is 1.43. The first-order chi connectivity index (χ1) is 17.3. The number of piperazine rings is 1. The smallest absolute Gasteiger partial charge is 0.254 e. The van der Waals surface area contributed by atoms with Gasteiger partial charge in [-0.15, -0.1) is 0 Å². The lowest BCUT2D eigenvalue weighted by molar-refractivity contribution is -0.109. The molecule has 0 atom stereocenters. The van der Waals surface area contributed by atoms with Gasteiger partial charge in [0.15, 0.2) is 0 Å². The normalized spacial score (nSPS) is 18.2. The number of carbonyl (C=O) groups excluding carboxylic acids is 2. The second-order valence-corrected chi connectivity index (χ2v) is 10.6. The van der Waals surface area contributed by atoms with Crippen LogP contribution < -0.4 is 4.74 Å². The molecule has 4 rings (SSSR count). The number of nitrogens with zero attached hydrogens (tertiary/aromatic N) is 3. The Morgan fingerprint density at radius 1 is 0.972 bits per heavy atom. The zero-order valence-corrected chi connectivity index (χ0v) is 21.5. The lowest BCUT2D eigenvalue weighted by Gasteiger charge is -2.34. The minimum absolute atomic E-state index is 0.0270. The highest BCUT2D eigenvalue weighted by Gasteiger charge is 2.26. The van der Waals surface area contributed by atoms with Gasteiger partial charge in [0.1, 0.15) is 17.7 Å². The summed E-state index contributed by atoms with van der Waals surface area (Å²) < 4.78 is 20.0. The lowest BCUT2D eigenvalue weighted by Crippen LogP contribution is -2.49. The Morgan fingerprint density at radius 3 is 2.28 bits per heavy atom. The highest BCUT2D eigenvalue weighted by molar-refractivity contribution is 6.01. The van der Waals surface area contributed by atoms with Crippen molar-refractivity contribution >= 4 is 12.2 Å². The average Bonchev–Trinajstić information content (AvgIpc) is 2.88. The number of hydrogen-bond donors (Lipinski definition) is 0.